The average Bonchev–Trinajstić information content (AvgIpc) is 3.40. The van der Waals surface area contributed by atoms with Crippen LogP contribution in [0.1, 0.15) is 22.3 Å². The van der Waals surface area contributed by atoms with Crippen molar-refractivity contribution in [2.45, 2.75) is 5.41 Å². The largest absolute Gasteiger partial charge is 0.0731 e. The lowest BCUT2D eigenvalue weighted by Gasteiger charge is -2.31. The van der Waals surface area contributed by atoms with E-state index in [2.05, 4.69) is 133 Å². The summed E-state index contributed by atoms with van der Waals surface area (Å²) in [6.07, 6.45) is 0. The van der Waals surface area contributed by atoms with Gasteiger partial charge in [0.05, 0.1) is 5.41 Å². The van der Waals surface area contributed by atoms with Gasteiger partial charge in [-0.1, -0.05) is 127 Å². The highest BCUT2D eigenvalue weighted by Crippen LogP contribution is 2.64. The highest BCUT2D eigenvalue weighted by Gasteiger charge is 2.52. The molecule has 0 saturated heterocycles. The van der Waals surface area contributed by atoms with Gasteiger partial charge in [-0.3, -0.25) is 0 Å². The second-order valence-electron chi connectivity index (χ2n) is 9.68. The lowest BCUT2D eigenvalue weighted by atomic mass is 9.69. The first-order valence-electron chi connectivity index (χ1n) is 12.3. The summed E-state index contributed by atoms with van der Waals surface area (Å²) < 4.78 is 0. The summed E-state index contributed by atoms with van der Waals surface area (Å²) in [5.74, 6) is 0. The van der Waals surface area contributed by atoms with E-state index in [1.807, 2.05) is 0 Å². The van der Waals surface area contributed by atoms with Gasteiger partial charge in [-0.15, -0.1) is 0 Å². The van der Waals surface area contributed by atoms with Crippen molar-refractivity contribution in [1.82, 2.24) is 0 Å². The van der Waals surface area contributed by atoms with Crippen molar-refractivity contribution in [1.29, 1.82) is 0 Å². The molecule has 35 heavy (non-hydrogen) atoms. The van der Waals surface area contributed by atoms with Gasteiger partial charge in [0.15, 0.2) is 0 Å². The van der Waals surface area contributed by atoms with Gasteiger partial charge in [0, 0.05) is 0 Å². The average molecular weight is 443 g/mol. The summed E-state index contributed by atoms with van der Waals surface area (Å²) in [5.41, 5.74) is 13.2. The molecule has 0 amide bonds. The van der Waals surface area contributed by atoms with Crippen LogP contribution in [0.15, 0.2) is 133 Å². The monoisotopic (exact) mass is 442 g/mol. The molecular weight excluding hydrogens is 420 g/mol. The molecule has 0 heterocycles. The first kappa shape index (κ1) is 18.9. The fourth-order valence-electron chi connectivity index (χ4n) is 6.73. The maximum Gasteiger partial charge on any atom is 0.0731 e. The van der Waals surface area contributed by atoms with Crippen LogP contribution in [0, 0.1) is 0 Å². The molecule has 2 aliphatic carbocycles. The zero-order chi connectivity index (χ0) is 23.0. The maximum absolute atomic E-state index is 2.46. The number of rotatable bonds is 1. The van der Waals surface area contributed by atoms with Gasteiger partial charge in [-0.2, -0.15) is 0 Å². The predicted molar refractivity (Wildman–Crippen MR) is 146 cm³/mol. The van der Waals surface area contributed by atoms with Crippen LogP contribution < -0.4 is 0 Å². The summed E-state index contributed by atoms with van der Waals surface area (Å²) in [6, 6.07) is 49.4. The van der Waals surface area contributed by atoms with Gasteiger partial charge in [0.25, 0.3) is 0 Å². The topological polar surface area (TPSA) is 0 Å². The van der Waals surface area contributed by atoms with E-state index in [1.165, 1.54) is 66.4 Å². The number of hydrogen-bond donors (Lipinski definition) is 0. The molecule has 0 atom stereocenters. The van der Waals surface area contributed by atoms with Crippen molar-refractivity contribution in [2.75, 3.05) is 0 Å². The van der Waals surface area contributed by atoms with E-state index in [9.17, 15) is 0 Å². The van der Waals surface area contributed by atoms with Crippen LogP contribution in [0.3, 0.4) is 0 Å². The van der Waals surface area contributed by atoms with Crippen molar-refractivity contribution < 1.29 is 0 Å². The molecule has 2 aliphatic rings. The lowest BCUT2D eigenvalue weighted by molar-refractivity contribution is 0.801. The zero-order valence-electron chi connectivity index (χ0n) is 19.2. The molecule has 162 valence electrons. The van der Waals surface area contributed by atoms with Crippen LogP contribution in [0.25, 0.3) is 44.2 Å². The summed E-state index contributed by atoms with van der Waals surface area (Å²) in [7, 11) is 0. The second kappa shape index (κ2) is 6.81. The summed E-state index contributed by atoms with van der Waals surface area (Å²) >= 11 is 0. The Hall–Kier alpha value is -4.42. The van der Waals surface area contributed by atoms with Gasteiger partial charge in [0.2, 0.25) is 0 Å². The SMILES string of the molecule is c1ccc(-c2ccc3c(c2)C2(c4ccccc4-c4ccccc42)c2c-3ccc3ccccc23)cc1. The third-order valence-electron chi connectivity index (χ3n) is 8.08. The molecule has 0 saturated carbocycles. The van der Waals surface area contributed by atoms with Crippen LogP contribution in [-0.4, -0.2) is 0 Å². The smallest absolute Gasteiger partial charge is 0.0622 e. The first-order valence-corrected chi connectivity index (χ1v) is 12.3. The van der Waals surface area contributed by atoms with Gasteiger partial charge in [0.1, 0.15) is 0 Å². The number of benzene rings is 6. The molecule has 0 fully saturated rings. The maximum atomic E-state index is 2.46. The van der Waals surface area contributed by atoms with Crippen LogP contribution >= 0.6 is 0 Å². The highest BCUT2D eigenvalue weighted by molar-refractivity contribution is 6.04. The first-order chi connectivity index (χ1) is 17.4. The zero-order valence-corrected chi connectivity index (χ0v) is 19.2. The fraction of sp³-hybridized carbons (Fsp3) is 0.0286. The molecule has 0 N–H and O–H groups in total. The van der Waals surface area contributed by atoms with Gasteiger partial charge in [-0.25, -0.2) is 0 Å². The Morgan fingerprint density at radius 1 is 0.371 bits per heavy atom. The molecular formula is C35H22. The molecule has 0 radical (unpaired) electrons. The molecule has 0 bridgehead atoms. The molecule has 0 nitrogen and oxygen atoms in total. The number of hydrogen-bond acceptors (Lipinski definition) is 0. The predicted octanol–water partition coefficient (Wildman–Crippen LogP) is 8.85. The quantitative estimate of drug-likeness (QED) is 0.238. The molecule has 1 spiro atoms. The van der Waals surface area contributed by atoms with Gasteiger partial charge < -0.3 is 0 Å². The van der Waals surface area contributed by atoms with Crippen molar-refractivity contribution in [3.8, 4) is 33.4 Å². The van der Waals surface area contributed by atoms with Crippen LogP contribution in [0.4, 0.5) is 0 Å². The Balaban J connectivity index is 1.59. The van der Waals surface area contributed by atoms with Crippen molar-refractivity contribution in [3.63, 3.8) is 0 Å². The molecule has 6 aromatic rings. The summed E-state index contributed by atoms with van der Waals surface area (Å²) in [4.78, 5) is 0. The van der Waals surface area contributed by atoms with Crippen LogP contribution in [0.5, 0.6) is 0 Å². The van der Waals surface area contributed by atoms with Crippen molar-refractivity contribution >= 4 is 10.8 Å². The van der Waals surface area contributed by atoms with E-state index in [0.29, 0.717) is 0 Å². The minimum absolute atomic E-state index is 0.330. The van der Waals surface area contributed by atoms with E-state index >= 15 is 0 Å². The van der Waals surface area contributed by atoms with Crippen molar-refractivity contribution in [2.24, 2.45) is 0 Å². The summed E-state index contributed by atoms with van der Waals surface area (Å²) in [5, 5.41) is 2.64. The Labute approximate surface area is 205 Å². The van der Waals surface area contributed by atoms with E-state index in [4.69, 9.17) is 0 Å². The molecule has 0 heteroatoms. The van der Waals surface area contributed by atoms with E-state index in [-0.39, 0.29) is 5.41 Å². The molecule has 0 unspecified atom stereocenters. The van der Waals surface area contributed by atoms with E-state index in [1.54, 1.807) is 0 Å². The Morgan fingerprint density at radius 3 is 1.74 bits per heavy atom. The molecule has 8 rings (SSSR count). The van der Waals surface area contributed by atoms with Gasteiger partial charge in [-0.05, 0) is 72.5 Å². The molecule has 6 aromatic carbocycles. The van der Waals surface area contributed by atoms with E-state index in [0.717, 1.165) is 0 Å². The van der Waals surface area contributed by atoms with Crippen LogP contribution in [-0.2, 0) is 5.41 Å². The highest BCUT2D eigenvalue weighted by atomic mass is 14.5. The number of fused-ring (bicyclic) bond motifs is 12. The normalized spacial score (nSPS) is 13.9. The minimum atomic E-state index is -0.330. The standard InChI is InChI=1S/C35H22/c1-2-10-23(11-3-1)25-19-20-29-30-21-18-24-12-4-5-13-26(24)34(30)35(33(29)22-25)31-16-8-6-14-27(31)28-15-7-9-17-32(28)35/h1-22H. The third kappa shape index (κ3) is 2.32. The minimum Gasteiger partial charge on any atom is -0.0622 e. The molecule has 0 aromatic heterocycles. The summed E-state index contributed by atoms with van der Waals surface area (Å²) in [6.45, 7) is 0. The second-order valence-corrected chi connectivity index (χ2v) is 9.68. The van der Waals surface area contributed by atoms with E-state index < -0.39 is 0 Å². The van der Waals surface area contributed by atoms with Crippen molar-refractivity contribution in [3.05, 3.63) is 156 Å². The fourth-order valence-corrected chi connectivity index (χ4v) is 6.73. The third-order valence-corrected chi connectivity index (χ3v) is 8.08. The van der Waals surface area contributed by atoms with Crippen LogP contribution in [0.2, 0.25) is 0 Å². The van der Waals surface area contributed by atoms with Gasteiger partial charge >= 0.3 is 0 Å². The Bertz CT molecular complexity index is 1740. The Morgan fingerprint density at radius 2 is 0.971 bits per heavy atom. The Kier molecular flexibility index (Phi) is 3.68. The molecule has 0 aliphatic heterocycles. The lowest BCUT2D eigenvalue weighted by Crippen LogP contribution is -2.26.